The molecule has 2 unspecified atom stereocenters. The molecule has 0 aliphatic carbocycles. The summed E-state index contributed by atoms with van der Waals surface area (Å²) >= 11 is 3.11. The fraction of sp³-hybridized carbons (Fsp3) is 0.625. The van der Waals surface area contributed by atoms with Crippen LogP contribution in [0.25, 0.3) is 0 Å². The van der Waals surface area contributed by atoms with E-state index in [2.05, 4.69) is 30.0 Å². The lowest BCUT2D eigenvalue weighted by molar-refractivity contribution is 0.162. The quantitative estimate of drug-likeness (QED) is 0.916. The zero-order valence-corrected chi connectivity index (χ0v) is 15.0. The molecule has 1 fully saturated rings. The van der Waals surface area contributed by atoms with Gasteiger partial charge in [-0.15, -0.1) is 11.3 Å². The lowest BCUT2D eigenvalue weighted by Gasteiger charge is -2.25. The van der Waals surface area contributed by atoms with E-state index in [1.807, 2.05) is 17.5 Å². The average molecular weight is 338 g/mol. The maximum absolute atomic E-state index is 10.4. The van der Waals surface area contributed by atoms with Gasteiger partial charge in [0.05, 0.1) is 6.10 Å². The van der Waals surface area contributed by atoms with Gasteiger partial charge in [-0.2, -0.15) is 4.37 Å². The Morgan fingerprint density at radius 2 is 2.27 bits per heavy atom. The molecular formula is C16H23N3OS2. The summed E-state index contributed by atoms with van der Waals surface area (Å²) in [7, 11) is 0. The van der Waals surface area contributed by atoms with Gasteiger partial charge >= 0.3 is 0 Å². The summed E-state index contributed by atoms with van der Waals surface area (Å²) in [6.07, 6.45) is 2.67. The van der Waals surface area contributed by atoms with E-state index in [-0.39, 0.29) is 11.5 Å². The number of aliphatic hydroxyl groups excluding tert-OH is 1. The Hall–Kier alpha value is -0.980. The van der Waals surface area contributed by atoms with Crippen molar-refractivity contribution >= 4 is 28.0 Å². The van der Waals surface area contributed by atoms with Gasteiger partial charge < -0.3 is 10.0 Å². The average Bonchev–Trinajstić information content (AvgIpc) is 3.19. The largest absolute Gasteiger partial charge is 0.387 e. The molecule has 4 nitrogen and oxygen atoms in total. The molecule has 2 aromatic heterocycles. The van der Waals surface area contributed by atoms with Gasteiger partial charge in [0, 0.05) is 34.4 Å². The molecule has 3 rings (SSSR count). The van der Waals surface area contributed by atoms with Crippen LogP contribution in [0.2, 0.25) is 0 Å². The summed E-state index contributed by atoms with van der Waals surface area (Å²) in [4.78, 5) is 8.13. The van der Waals surface area contributed by atoms with Crippen LogP contribution >= 0.6 is 22.9 Å². The van der Waals surface area contributed by atoms with E-state index in [9.17, 15) is 5.11 Å². The summed E-state index contributed by atoms with van der Waals surface area (Å²) in [5.74, 6) is 0.914. The standard InChI is InChI=1S/C16H23N3OS2/c1-16(2,3)14-17-15(22-18-14)19-8-4-6-11(19)10-12(20)13-7-5-9-21-13/h5,7,9,11-12,20H,4,6,8,10H2,1-3H3. The number of hydrogen-bond acceptors (Lipinski definition) is 6. The van der Waals surface area contributed by atoms with Crippen molar-refractivity contribution in [1.29, 1.82) is 0 Å². The van der Waals surface area contributed by atoms with Crippen LogP contribution in [0.15, 0.2) is 17.5 Å². The second-order valence-corrected chi connectivity index (χ2v) is 8.62. The molecule has 3 heterocycles. The molecule has 1 aliphatic rings. The Balaban J connectivity index is 1.72. The smallest absolute Gasteiger partial charge is 0.205 e. The number of anilines is 1. The minimum absolute atomic E-state index is 0.0134. The number of thiophene rings is 1. The fourth-order valence-electron chi connectivity index (χ4n) is 2.82. The van der Waals surface area contributed by atoms with Crippen molar-refractivity contribution in [3.8, 4) is 0 Å². The highest BCUT2D eigenvalue weighted by molar-refractivity contribution is 7.10. The summed E-state index contributed by atoms with van der Waals surface area (Å²) < 4.78 is 4.52. The van der Waals surface area contributed by atoms with Crippen molar-refractivity contribution < 1.29 is 5.11 Å². The van der Waals surface area contributed by atoms with Crippen LogP contribution in [0, 0.1) is 0 Å². The third-order valence-electron chi connectivity index (χ3n) is 4.08. The lowest BCUT2D eigenvalue weighted by atomic mass is 9.96. The minimum atomic E-state index is -0.374. The number of hydrogen-bond donors (Lipinski definition) is 1. The Kier molecular flexibility index (Phi) is 4.52. The van der Waals surface area contributed by atoms with Crippen LogP contribution in [0.3, 0.4) is 0 Å². The molecule has 0 aromatic carbocycles. The molecule has 120 valence electrons. The van der Waals surface area contributed by atoms with E-state index in [4.69, 9.17) is 4.98 Å². The number of rotatable bonds is 4. The van der Waals surface area contributed by atoms with Crippen molar-refractivity contribution in [3.63, 3.8) is 0 Å². The van der Waals surface area contributed by atoms with Gasteiger partial charge in [-0.1, -0.05) is 26.8 Å². The highest BCUT2D eigenvalue weighted by Crippen LogP contribution is 2.34. The summed E-state index contributed by atoms with van der Waals surface area (Å²) in [6, 6.07) is 4.37. The molecule has 1 N–H and O–H groups in total. The normalized spacial score (nSPS) is 20.5. The van der Waals surface area contributed by atoms with E-state index in [0.29, 0.717) is 6.04 Å². The molecule has 0 radical (unpaired) electrons. The molecule has 2 aromatic rings. The zero-order chi connectivity index (χ0) is 15.7. The van der Waals surface area contributed by atoms with Gasteiger partial charge in [-0.25, -0.2) is 4.98 Å². The minimum Gasteiger partial charge on any atom is -0.387 e. The monoisotopic (exact) mass is 337 g/mol. The van der Waals surface area contributed by atoms with Crippen molar-refractivity contribution in [3.05, 3.63) is 28.2 Å². The molecular weight excluding hydrogens is 314 g/mol. The van der Waals surface area contributed by atoms with Crippen LogP contribution in [0.4, 0.5) is 5.13 Å². The number of nitrogens with zero attached hydrogens (tertiary/aromatic N) is 3. The molecule has 1 aliphatic heterocycles. The molecule has 22 heavy (non-hydrogen) atoms. The highest BCUT2D eigenvalue weighted by atomic mass is 32.1. The van der Waals surface area contributed by atoms with Crippen LogP contribution in [0.5, 0.6) is 0 Å². The predicted molar refractivity (Wildman–Crippen MR) is 92.9 cm³/mol. The Bertz CT molecular complexity index is 603. The second-order valence-electron chi connectivity index (χ2n) is 6.91. The fourth-order valence-corrected chi connectivity index (χ4v) is 4.50. The van der Waals surface area contributed by atoms with Gasteiger partial charge in [-0.3, -0.25) is 0 Å². The van der Waals surface area contributed by atoms with Crippen LogP contribution in [-0.2, 0) is 5.41 Å². The van der Waals surface area contributed by atoms with Gasteiger partial charge in [-0.05, 0) is 30.7 Å². The van der Waals surface area contributed by atoms with Gasteiger partial charge in [0.15, 0.2) is 0 Å². The number of aromatic nitrogens is 2. The molecule has 2 atom stereocenters. The van der Waals surface area contributed by atoms with Crippen molar-refractivity contribution in [2.75, 3.05) is 11.4 Å². The Morgan fingerprint density at radius 3 is 2.91 bits per heavy atom. The van der Waals surface area contributed by atoms with Gasteiger partial charge in [0.2, 0.25) is 5.13 Å². The lowest BCUT2D eigenvalue weighted by Crippen LogP contribution is -2.30. The van der Waals surface area contributed by atoms with E-state index < -0.39 is 0 Å². The van der Waals surface area contributed by atoms with Crippen molar-refractivity contribution in [2.45, 2.75) is 57.6 Å². The molecule has 0 amide bonds. The first-order chi connectivity index (χ1) is 10.4. The first-order valence-electron chi connectivity index (χ1n) is 7.77. The maximum Gasteiger partial charge on any atom is 0.205 e. The molecule has 6 heteroatoms. The molecule has 1 saturated heterocycles. The molecule has 0 saturated carbocycles. The summed E-state index contributed by atoms with van der Waals surface area (Å²) in [6.45, 7) is 7.43. The first-order valence-corrected chi connectivity index (χ1v) is 9.43. The Labute approximate surface area is 140 Å². The van der Waals surface area contributed by atoms with Crippen LogP contribution in [-0.4, -0.2) is 27.1 Å². The number of aliphatic hydroxyl groups is 1. The zero-order valence-electron chi connectivity index (χ0n) is 13.3. The van der Waals surface area contributed by atoms with E-state index in [0.717, 1.165) is 41.6 Å². The third-order valence-corrected chi connectivity index (χ3v) is 5.80. The van der Waals surface area contributed by atoms with E-state index in [1.54, 1.807) is 11.3 Å². The predicted octanol–water partition coefficient (Wildman–Crippen LogP) is 3.99. The van der Waals surface area contributed by atoms with Gasteiger partial charge in [0.25, 0.3) is 0 Å². The maximum atomic E-state index is 10.4. The van der Waals surface area contributed by atoms with Gasteiger partial charge in [0.1, 0.15) is 5.82 Å². The first kappa shape index (κ1) is 15.9. The van der Waals surface area contributed by atoms with Crippen LogP contribution in [0.1, 0.15) is 56.8 Å². The summed E-state index contributed by atoms with van der Waals surface area (Å²) in [5, 5.41) is 13.4. The topological polar surface area (TPSA) is 49.2 Å². The Morgan fingerprint density at radius 1 is 1.45 bits per heavy atom. The summed E-state index contributed by atoms with van der Waals surface area (Å²) in [5.41, 5.74) is -0.0134. The van der Waals surface area contributed by atoms with Crippen LogP contribution < -0.4 is 4.90 Å². The molecule has 0 spiro atoms. The third kappa shape index (κ3) is 3.34. The van der Waals surface area contributed by atoms with E-state index >= 15 is 0 Å². The highest BCUT2D eigenvalue weighted by Gasteiger charge is 2.31. The molecule has 0 bridgehead atoms. The second kappa shape index (κ2) is 6.26. The van der Waals surface area contributed by atoms with E-state index in [1.165, 1.54) is 11.5 Å². The van der Waals surface area contributed by atoms with Crippen molar-refractivity contribution in [2.24, 2.45) is 0 Å². The SMILES string of the molecule is CC(C)(C)c1nsc(N2CCCC2CC(O)c2cccs2)n1. The van der Waals surface area contributed by atoms with Crippen molar-refractivity contribution in [1.82, 2.24) is 9.36 Å².